The SMILES string of the molecule is CCc1ccc(C(COC)NC(=O)c2cccc(-n3cnnn3)c2)o1. The zero-order chi connectivity index (χ0) is 17.6. The Morgan fingerprint density at radius 3 is 2.92 bits per heavy atom. The molecule has 0 bridgehead atoms. The molecule has 3 rings (SSSR count). The standard InChI is InChI=1S/C17H19N5O3/c1-3-14-7-8-16(25-14)15(10-24-2)19-17(23)12-5-4-6-13(9-12)22-11-18-20-21-22/h4-9,11,15H,3,10H2,1-2H3,(H,19,23). The summed E-state index contributed by atoms with van der Waals surface area (Å²) in [4.78, 5) is 12.6. The number of carbonyl (C=O) groups excluding carboxylic acids is 1. The van der Waals surface area contributed by atoms with Crippen LogP contribution in [0.4, 0.5) is 0 Å². The van der Waals surface area contributed by atoms with Gasteiger partial charge in [0.05, 0.1) is 12.3 Å². The molecule has 130 valence electrons. The zero-order valence-corrected chi connectivity index (χ0v) is 14.0. The van der Waals surface area contributed by atoms with Gasteiger partial charge in [-0.1, -0.05) is 13.0 Å². The maximum absolute atomic E-state index is 12.6. The fraction of sp³-hybridized carbons (Fsp3) is 0.294. The largest absolute Gasteiger partial charge is 0.464 e. The van der Waals surface area contributed by atoms with Gasteiger partial charge in [-0.15, -0.1) is 5.10 Å². The number of rotatable bonds is 7. The number of amides is 1. The van der Waals surface area contributed by atoms with Crippen molar-refractivity contribution in [3.05, 3.63) is 59.8 Å². The number of carbonyl (C=O) groups is 1. The second-order valence-electron chi connectivity index (χ2n) is 5.44. The number of nitrogens with zero attached hydrogens (tertiary/aromatic N) is 4. The molecule has 3 aromatic rings. The highest BCUT2D eigenvalue weighted by atomic mass is 16.5. The smallest absolute Gasteiger partial charge is 0.252 e. The zero-order valence-electron chi connectivity index (χ0n) is 14.0. The van der Waals surface area contributed by atoms with E-state index >= 15 is 0 Å². The van der Waals surface area contributed by atoms with Gasteiger partial charge in [-0.3, -0.25) is 4.79 Å². The van der Waals surface area contributed by atoms with Crippen LogP contribution in [0.15, 0.2) is 47.1 Å². The summed E-state index contributed by atoms with van der Waals surface area (Å²) in [5.74, 6) is 1.31. The molecule has 0 radical (unpaired) electrons. The summed E-state index contributed by atoms with van der Waals surface area (Å²) in [6.07, 6.45) is 2.27. The molecule has 0 aliphatic carbocycles. The van der Waals surface area contributed by atoms with Gasteiger partial charge < -0.3 is 14.5 Å². The molecule has 0 aliphatic rings. The van der Waals surface area contributed by atoms with Crippen LogP contribution in [-0.2, 0) is 11.2 Å². The number of hydrogen-bond donors (Lipinski definition) is 1. The van der Waals surface area contributed by atoms with E-state index in [4.69, 9.17) is 9.15 Å². The van der Waals surface area contributed by atoms with Crippen molar-refractivity contribution in [2.24, 2.45) is 0 Å². The predicted octanol–water partition coefficient (Wildman–Crippen LogP) is 1.94. The van der Waals surface area contributed by atoms with Gasteiger partial charge in [0.15, 0.2) is 0 Å². The van der Waals surface area contributed by atoms with E-state index in [0.717, 1.165) is 12.2 Å². The highest BCUT2D eigenvalue weighted by Crippen LogP contribution is 2.19. The molecule has 0 saturated heterocycles. The van der Waals surface area contributed by atoms with Crippen LogP contribution in [0.1, 0.15) is 34.8 Å². The van der Waals surface area contributed by atoms with Crippen LogP contribution >= 0.6 is 0 Å². The van der Waals surface area contributed by atoms with Gasteiger partial charge in [0.2, 0.25) is 0 Å². The van der Waals surface area contributed by atoms with Crippen LogP contribution in [0.3, 0.4) is 0 Å². The first-order chi connectivity index (χ1) is 12.2. The fourth-order valence-corrected chi connectivity index (χ4v) is 2.44. The van der Waals surface area contributed by atoms with Gasteiger partial charge >= 0.3 is 0 Å². The van der Waals surface area contributed by atoms with E-state index in [2.05, 4.69) is 20.8 Å². The van der Waals surface area contributed by atoms with E-state index in [1.807, 2.05) is 25.1 Å². The van der Waals surface area contributed by atoms with E-state index in [0.29, 0.717) is 23.6 Å². The minimum absolute atomic E-state index is 0.230. The minimum atomic E-state index is -0.366. The van der Waals surface area contributed by atoms with Crippen molar-refractivity contribution < 1.29 is 13.9 Å². The Balaban J connectivity index is 1.78. The van der Waals surface area contributed by atoms with Gasteiger partial charge in [0.1, 0.15) is 23.9 Å². The Morgan fingerprint density at radius 2 is 2.24 bits per heavy atom. The number of hydrogen-bond acceptors (Lipinski definition) is 6. The summed E-state index contributed by atoms with van der Waals surface area (Å²) in [6.45, 7) is 2.33. The van der Waals surface area contributed by atoms with E-state index in [9.17, 15) is 4.79 Å². The van der Waals surface area contributed by atoms with Crippen molar-refractivity contribution >= 4 is 5.91 Å². The summed E-state index contributed by atoms with van der Waals surface area (Å²) in [5.41, 5.74) is 1.20. The van der Waals surface area contributed by atoms with Crippen molar-refractivity contribution in [3.8, 4) is 5.69 Å². The Kier molecular flexibility index (Phi) is 5.20. The normalized spacial score (nSPS) is 12.1. The highest BCUT2D eigenvalue weighted by Gasteiger charge is 2.19. The number of aromatic nitrogens is 4. The van der Waals surface area contributed by atoms with E-state index in [1.165, 1.54) is 11.0 Å². The second kappa shape index (κ2) is 7.71. The van der Waals surface area contributed by atoms with Crippen molar-refractivity contribution in [3.63, 3.8) is 0 Å². The summed E-state index contributed by atoms with van der Waals surface area (Å²) in [7, 11) is 1.58. The Morgan fingerprint density at radius 1 is 1.36 bits per heavy atom. The van der Waals surface area contributed by atoms with Crippen LogP contribution in [-0.4, -0.2) is 39.8 Å². The van der Waals surface area contributed by atoms with Gasteiger partial charge in [0.25, 0.3) is 5.91 Å². The maximum Gasteiger partial charge on any atom is 0.252 e. The lowest BCUT2D eigenvalue weighted by atomic mass is 10.1. The Labute approximate surface area is 144 Å². The van der Waals surface area contributed by atoms with Gasteiger partial charge in [0, 0.05) is 19.1 Å². The third-order valence-electron chi connectivity index (χ3n) is 3.73. The number of benzene rings is 1. The lowest BCUT2D eigenvalue weighted by molar-refractivity contribution is 0.0882. The van der Waals surface area contributed by atoms with Crippen LogP contribution < -0.4 is 5.32 Å². The molecular weight excluding hydrogens is 322 g/mol. The van der Waals surface area contributed by atoms with E-state index in [1.54, 1.807) is 25.3 Å². The van der Waals surface area contributed by atoms with Crippen molar-refractivity contribution in [2.45, 2.75) is 19.4 Å². The number of methoxy groups -OCH3 is 1. The predicted molar refractivity (Wildman–Crippen MR) is 89.3 cm³/mol. The molecule has 1 N–H and O–H groups in total. The molecular formula is C17H19N5O3. The molecule has 25 heavy (non-hydrogen) atoms. The number of furan rings is 1. The molecule has 0 fully saturated rings. The minimum Gasteiger partial charge on any atom is -0.464 e. The molecule has 1 unspecified atom stereocenters. The van der Waals surface area contributed by atoms with Gasteiger partial charge in [-0.2, -0.15) is 0 Å². The number of aryl methyl sites for hydroxylation is 1. The third-order valence-corrected chi connectivity index (χ3v) is 3.73. The van der Waals surface area contributed by atoms with Gasteiger partial charge in [-0.05, 0) is 40.8 Å². The lowest BCUT2D eigenvalue weighted by Gasteiger charge is -2.16. The number of nitrogens with one attached hydrogen (secondary N) is 1. The number of tetrazole rings is 1. The summed E-state index contributed by atoms with van der Waals surface area (Å²) >= 11 is 0. The monoisotopic (exact) mass is 341 g/mol. The first kappa shape index (κ1) is 16.8. The van der Waals surface area contributed by atoms with Crippen LogP contribution in [0.25, 0.3) is 5.69 Å². The molecule has 1 amide bonds. The van der Waals surface area contributed by atoms with Crippen LogP contribution in [0.2, 0.25) is 0 Å². The summed E-state index contributed by atoms with van der Waals surface area (Å²) in [5, 5.41) is 14.0. The van der Waals surface area contributed by atoms with E-state index < -0.39 is 0 Å². The van der Waals surface area contributed by atoms with Gasteiger partial charge in [-0.25, -0.2) is 4.68 Å². The van der Waals surface area contributed by atoms with Crippen molar-refractivity contribution in [1.82, 2.24) is 25.5 Å². The molecule has 8 nitrogen and oxygen atoms in total. The first-order valence-corrected chi connectivity index (χ1v) is 7.93. The first-order valence-electron chi connectivity index (χ1n) is 7.93. The molecule has 2 heterocycles. The average Bonchev–Trinajstić information content (AvgIpc) is 3.33. The van der Waals surface area contributed by atoms with Crippen LogP contribution in [0, 0.1) is 0 Å². The Hall–Kier alpha value is -3.00. The molecule has 2 aromatic heterocycles. The number of ether oxygens (including phenoxy) is 1. The molecule has 8 heteroatoms. The lowest BCUT2D eigenvalue weighted by Crippen LogP contribution is -2.31. The van der Waals surface area contributed by atoms with Crippen molar-refractivity contribution in [1.29, 1.82) is 0 Å². The molecule has 0 aliphatic heterocycles. The molecule has 0 spiro atoms. The molecule has 1 atom stereocenters. The third kappa shape index (κ3) is 3.92. The van der Waals surface area contributed by atoms with E-state index in [-0.39, 0.29) is 11.9 Å². The highest BCUT2D eigenvalue weighted by molar-refractivity contribution is 5.95. The quantitative estimate of drug-likeness (QED) is 0.705. The second-order valence-corrected chi connectivity index (χ2v) is 5.44. The van der Waals surface area contributed by atoms with Crippen molar-refractivity contribution in [2.75, 3.05) is 13.7 Å². The topological polar surface area (TPSA) is 95.1 Å². The summed E-state index contributed by atoms with van der Waals surface area (Å²) in [6, 6.07) is 10.4. The summed E-state index contributed by atoms with van der Waals surface area (Å²) < 4.78 is 12.4. The maximum atomic E-state index is 12.6. The molecule has 1 aromatic carbocycles. The fourth-order valence-electron chi connectivity index (χ4n) is 2.44. The average molecular weight is 341 g/mol. The van der Waals surface area contributed by atoms with Crippen LogP contribution in [0.5, 0.6) is 0 Å². The Bertz CT molecular complexity index is 828. The molecule has 0 saturated carbocycles.